The fourth-order valence-electron chi connectivity index (χ4n) is 4.84. The van der Waals surface area contributed by atoms with Gasteiger partial charge in [0.2, 0.25) is 5.91 Å². The van der Waals surface area contributed by atoms with Gasteiger partial charge in [-0.25, -0.2) is 4.68 Å². The summed E-state index contributed by atoms with van der Waals surface area (Å²) < 4.78 is 13.4. The molecule has 1 saturated heterocycles. The van der Waals surface area contributed by atoms with E-state index in [2.05, 4.69) is 11.0 Å². The minimum absolute atomic E-state index is 0.0207. The lowest BCUT2D eigenvalue weighted by Gasteiger charge is -2.36. The molecular formula is C31H28N4O3. The van der Waals surface area contributed by atoms with Gasteiger partial charge in [0.05, 0.1) is 18.5 Å². The highest BCUT2D eigenvalue weighted by Gasteiger charge is 2.22. The summed E-state index contributed by atoms with van der Waals surface area (Å²) in [7, 11) is 1.68. The Kier molecular flexibility index (Phi) is 6.40. The third kappa shape index (κ3) is 4.66. The Bertz CT molecular complexity index is 1560. The van der Waals surface area contributed by atoms with Crippen molar-refractivity contribution in [2.75, 3.05) is 38.2 Å². The number of anilines is 1. The lowest BCUT2D eigenvalue weighted by Crippen LogP contribution is -2.48. The van der Waals surface area contributed by atoms with Gasteiger partial charge >= 0.3 is 0 Å². The third-order valence-corrected chi connectivity index (χ3v) is 6.84. The molecule has 3 aromatic carbocycles. The number of carbonyl (C=O) groups excluding carboxylic acids is 1. The molecule has 3 heterocycles. The van der Waals surface area contributed by atoms with Gasteiger partial charge < -0.3 is 19.0 Å². The molecule has 5 aromatic rings. The molecule has 38 heavy (non-hydrogen) atoms. The number of aromatic nitrogens is 2. The molecule has 0 atom stereocenters. The molecule has 0 bridgehead atoms. The first-order chi connectivity index (χ1) is 18.7. The summed E-state index contributed by atoms with van der Waals surface area (Å²) in [5, 5.41) is 5.83. The van der Waals surface area contributed by atoms with E-state index < -0.39 is 0 Å². The predicted molar refractivity (Wildman–Crippen MR) is 150 cm³/mol. The van der Waals surface area contributed by atoms with Crippen LogP contribution in [0.1, 0.15) is 5.56 Å². The van der Waals surface area contributed by atoms with Gasteiger partial charge in [-0.05, 0) is 42.5 Å². The van der Waals surface area contributed by atoms with Crippen molar-refractivity contribution in [1.82, 2.24) is 14.7 Å². The molecule has 190 valence electrons. The number of piperazine rings is 1. The van der Waals surface area contributed by atoms with Crippen LogP contribution in [0.2, 0.25) is 0 Å². The Balaban J connectivity index is 1.23. The summed E-state index contributed by atoms with van der Waals surface area (Å²) in [5.74, 6) is 1.49. The van der Waals surface area contributed by atoms with E-state index in [1.54, 1.807) is 13.2 Å². The molecule has 1 fully saturated rings. The average molecular weight is 505 g/mol. The molecule has 1 aliphatic rings. The molecule has 0 radical (unpaired) electrons. The minimum Gasteiger partial charge on any atom is -0.495 e. The van der Waals surface area contributed by atoms with Crippen molar-refractivity contribution in [1.29, 1.82) is 0 Å². The second-order valence-corrected chi connectivity index (χ2v) is 9.18. The topological polar surface area (TPSA) is 63.7 Å². The van der Waals surface area contributed by atoms with Gasteiger partial charge in [0.15, 0.2) is 5.76 Å². The first-order valence-electron chi connectivity index (χ1n) is 12.7. The van der Waals surface area contributed by atoms with Crippen molar-refractivity contribution in [2.45, 2.75) is 0 Å². The summed E-state index contributed by atoms with van der Waals surface area (Å²) in [6.07, 6.45) is 5.41. The fraction of sp³-hybridized carbons (Fsp3) is 0.161. The Morgan fingerprint density at radius 1 is 0.921 bits per heavy atom. The van der Waals surface area contributed by atoms with Crippen LogP contribution in [0.4, 0.5) is 5.69 Å². The number of methoxy groups -OCH3 is 1. The summed E-state index contributed by atoms with van der Waals surface area (Å²) >= 11 is 0. The van der Waals surface area contributed by atoms with Crippen molar-refractivity contribution in [3.8, 4) is 22.9 Å². The summed E-state index contributed by atoms with van der Waals surface area (Å²) in [5.41, 5.74) is 4.30. The van der Waals surface area contributed by atoms with Crippen LogP contribution in [0.15, 0.2) is 102 Å². The van der Waals surface area contributed by atoms with E-state index in [0.717, 1.165) is 46.7 Å². The molecule has 0 unspecified atom stereocenters. The van der Waals surface area contributed by atoms with Crippen molar-refractivity contribution in [3.05, 3.63) is 103 Å². The number of fused-ring (bicyclic) bond motifs is 1. The van der Waals surface area contributed by atoms with Gasteiger partial charge in [-0.15, -0.1) is 0 Å². The van der Waals surface area contributed by atoms with Crippen molar-refractivity contribution < 1.29 is 13.9 Å². The highest BCUT2D eigenvalue weighted by Crippen LogP contribution is 2.31. The number of ether oxygens (including phenoxy) is 1. The van der Waals surface area contributed by atoms with Crippen molar-refractivity contribution in [3.63, 3.8) is 0 Å². The lowest BCUT2D eigenvalue weighted by atomic mass is 10.1. The van der Waals surface area contributed by atoms with Crippen LogP contribution in [0.3, 0.4) is 0 Å². The standard InChI is InChI=1S/C31H28N4O3/c1-37-28-14-8-6-12-26(28)33-17-19-34(20-18-33)30(36)16-15-24-22-35(25-10-3-2-4-11-25)32-31(24)29-21-23-9-5-7-13-27(23)38-29/h2-16,21-22H,17-20H2,1H3. The first-order valence-corrected chi connectivity index (χ1v) is 12.7. The highest BCUT2D eigenvalue weighted by atomic mass is 16.5. The minimum atomic E-state index is -0.0207. The van der Waals surface area contributed by atoms with Crippen LogP contribution in [-0.2, 0) is 4.79 Å². The van der Waals surface area contributed by atoms with Crippen LogP contribution >= 0.6 is 0 Å². The largest absolute Gasteiger partial charge is 0.495 e. The quantitative estimate of drug-likeness (QED) is 0.280. The number of nitrogens with zero attached hydrogens (tertiary/aromatic N) is 4. The maximum atomic E-state index is 13.1. The molecule has 2 aromatic heterocycles. The van der Waals surface area contributed by atoms with Gasteiger partial charge in [-0.2, -0.15) is 5.10 Å². The van der Waals surface area contributed by atoms with E-state index in [0.29, 0.717) is 24.5 Å². The number of rotatable bonds is 6. The number of amides is 1. The number of furan rings is 1. The SMILES string of the molecule is COc1ccccc1N1CCN(C(=O)C=Cc2cn(-c3ccccc3)nc2-c2cc3ccccc3o2)CC1. The molecular weight excluding hydrogens is 476 g/mol. The fourth-order valence-corrected chi connectivity index (χ4v) is 4.84. The van der Waals surface area contributed by atoms with Gasteiger partial charge in [0.25, 0.3) is 0 Å². The second-order valence-electron chi connectivity index (χ2n) is 9.18. The summed E-state index contributed by atoms with van der Waals surface area (Å²) in [6.45, 7) is 2.77. The monoisotopic (exact) mass is 504 g/mol. The van der Waals surface area contributed by atoms with Crippen molar-refractivity contribution in [2.24, 2.45) is 0 Å². The van der Waals surface area contributed by atoms with E-state index >= 15 is 0 Å². The highest BCUT2D eigenvalue weighted by molar-refractivity contribution is 5.93. The van der Waals surface area contributed by atoms with Gasteiger partial charge in [0.1, 0.15) is 17.0 Å². The van der Waals surface area contributed by atoms with Crippen LogP contribution < -0.4 is 9.64 Å². The van der Waals surface area contributed by atoms with E-state index in [1.807, 2.05) is 101 Å². The Hall–Kier alpha value is -4.78. The first kappa shape index (κ1) is 23.6. The van der Waals surface area contributed by atoms with Gasteiger partial charge in [0, 0.05) is 49.4 Å². The molecule has 0 saturated carbocycles. The smallest absolute Gasteiger partial charge is 0.246 e. The predicted octanol–water partition coefficient (Wildman–Crippen LogP) is 5.66. The lowest BCUT2D eigenvalue weighted by molar-refractivity contribution is -0.126. The number of carbonyl (C=O) groups is 1. The molecule has 0 aliphatic carbocycles. The third-order valence-electron chi connectivity index (χ3n) is 6.84. The Labute approximate surface area is 221 Å². The number of hydrogen-bond acceptors (Lipinski definition) is 5. The number of hydrogen-bond donors (Lipinski definition) is 0. The molecule has 1 aliphatic heterocycles. The van der Waals surface area contributed by atoms with E-state index in [4.69, 9.17) is 14.3 Å². The van der Waals surface area contributed by atoms with Gasteiger partial charge in [-0.1, -0.05) is 48.5 Å². The molecule has 6 rings (SSSR count). The van der Waals surface area contributed by atoms with E-state index in [1.165, 1.54) is 0 Å². The molecule has 0 spiro atoms. The molecule has 7 nitrogen and oxygen atoms in total. The second kappa shape index (κ2) is 10.3. The maximum Gasteiger partial charge on any atom is 0.246 e. The summed E-state index contributed by atoms with van der Waals surface area (Å²) in [6, 6.07) is 27.8. The number of para-hydroxylation sites is 4. The van der Waals surface area contributed by atoms with Crippen molar-refractivity contribution >= 4 is 28.6 Å². The van der Waals surface area contributed by atoms with E-state index in [9.17, 15) is 4.79 Å². The zero-order valence-corrected chi connectivity index (χ0v) is 21.2. The maximum absolute atomic E-state index is 13.1. The summed E-state index contributed by atoms with van der Waals surface area (Å²) in [4.78, 5) is 17.3. The van der Waals surface area contributed by atoms with Crippen LogP contribution in [0, 0.1) is 0 Å². The average Bonchev–Trinajstić information content (AvgIpc) is 3.61. The molecule has 0 N–H and O–H groups in total. The number of benzene rings is 3. The van der Waals surface area contributed by atoms with Crippen LogP contribution in [0.25, 0.3) is 34.2 Å². The zero-order valence-electron chi connectivity index (χ0n) is 21.2. The molecule has 1 amide bonds. The zero-order chi connectivity index (χ0) is 25.9. The molecule has 7 heteroatoms. The van der Waals surface area contributed by atoms with Crippen LogP contribution in [0.5, 0.6) is 5.75 Å². The Morgan fingerprint density at radius 3 is 2.45 bits per heavy atom. The van der Waals surface area contributed by atoms with Gasteiger partial charge in [-0.3, -0.25) is 4.79 Å². The van der Waals surface area contributed by atoms with Crippen LogP contribution in [-0.4, -0.2) is 53.9 Å². The Morgan fingerprint density at radius 2 is 1.66 bits per heavy atom. The van der Waals surface area contributed by atoms with E-state index in [-0.39, 0.29) is 5.91 Å². The normalized spacial score (nSPS) is 13.9.